The monoisotopic (exact) mass is 819 g/mol. The molecule has 1 atom stereocenters. The van der Waals surface area contributed by atoms with Gasteiger partial charge in [-0.25, -0.2) is 0 Å². The van der Waals surface area contributed by atoms with E-state index in [0.29, 0.717) is 0 Å². The summed E-state index contributed by atoms with van der Waals surface area (Å²) in [4.78, 5) is 0. The quantitative estimate of drug-likeness (QED) is 0.106. The zero-order valence-electron chi connectivity index (χ0n) is 35.0. The van der Waals surface area contributed by atoms with Crippen molar-refractivity contribution in [3.05, 3.63) is 277 Å². The molecule has 12 rings (SSSR count). The zero-order chi connectivity index (χ0) is 41.8. The van der Waals surface area contributed by atoms with Gasteiger partial charge < -0.3 is 4.57 Å². The fourth-order valence-electron chi connectivity index (χ4n) is 11.3. The van der Waals surface area contributed by atoms with Crippen molar-refractivity contribution in [1.29, 1.82) is 0 Å². The van der Waals surface area contributed by atoms with E-state index >= 15 is 0 Å². The van der Waals surface area contributed by atoms with Crippen LogP contribution in [0.4, 0.5) is 0 Å². The molecule has 2 aliphatic rings. The molecule has 1 heterocycles. The summed E-state index contributed by atoms with van der Waals surface area (Å²) in [5.74, 6) is 0. The molecule has 63 heavy (non-hydrogen) atoms. The van der Waals surface area contributed by atoms with Gasteiger partial charge in [0.2, 0.25) is 0 Å². The molecule has 0 saturated carbocycles. The highest BCUT2D eigenvalue weighted by Crippen LogP contribution is 2.57. The molecule has 299 valence electrons. The predicted molar refractivity (Wildman–Crippen MR) is 268 cm³/mol. The van der Waals surface area contributed by atoms with E-state index in [2.05, 4.69) is 259 Å². The van der Waals surface area contributed by atoms with E-state index in [0.717, 1.165) is 6.42 Å². The Kier molecular flexibility index (Phi) is 8.95. The lowest BCUT2D eigenvalue weighted by atomic mass is 9.66. The first-order valence-corrected chi connectivity index (χ1v) is 24.2. The van der Waals surface area contributed by atoms with Crippen molar-refractivity contribution in [1.82, 2.24) is 4.57 Å². The van der Waals surface area contributed by atoms with E-state index < -0.39 is 13.5 Å². The van der Waals surface area contributed by atoms with Crippen LogP contribution < -0.4 is 20.7 Å². The van der Waals surface area contributed by atoms with Crippen LogP contribution in [0.5, 0.6) is 0 Å². The van der Waals surface area contributed by atoms with Crippen LogP contribution in [0, 0.1) is 0 Å². The lowest BCUT2D eigenvalue weighted by molar-refractivity contribution is 0.630. The summed E-state index contributed by atoms with van der Waals surface area (Å²) in [5, 5.41) is 8.11. The van der Waals surface area contributed by atoms with Gasteiger partial charge in [-0.1, -0.05) is 237 Å². The van der Waals surface area contributed by atoms with Gasteiger partial charge in [-0.05, 0) is 77.2 Å². The lowest BCUT2D eigenvalue weighted by Crippen LogP contribution is -2.74. The second-order valence-corrected chi connectivity index (χ2v) is 20.9. The molecule has 9 aromatic carbocycles. The number of para-hydroxylation sites is 1. The van der Waals surface area contributed by atoms with Crippen LogP contribution >= 0.6 is 0 Å². The Labute approximate surface area is 370 Å². The Morgan fingerprint density at radius 2 is 0.905 bits per heavy atom. The number of nitrogens with zero attached hydrogens (tertiary/aromatic N) is 1. The van der Waals surface area contributed by atoms with Crippen LogP contribution in [0.1, 0.15) is 29.2 Å². The van der Waals surface area contributed by atoms with Crippen molar-refractivity contribution in [2.45, 2.75) is 17.9 Å². The van der Waals surface area contributed by atoms with E-state index in [4.69, 9.17) is 0 Å². The van der Waals surface area contributed by atoms with E-state index in [1.807, 2.05) is 0 Å². The number of rotatable bonds is 8. The molecule has 10 aromatic rings. The number of aromatic nitrogens is 1. The van der Waals surface area contributed by atoms with Crippen molar-refractivity contribution in [3.63, 3.8) is 0 Å². The van der Waals surface area contributed by atoms with E-state index in [9.17, 15) is 0 Å². The van der Waals surface area contributed by atoms with Crippen LogP contribution in [0.15, 0.2) is 260 Å². The highest BCUT2D eigenvalue weighted by atomic mass is 28.3. The van der Waals surface area contributed by atoms with Crippen molar-refractivity contribution in [3.8, 4) is 22.3 Å². The first-order valence-electron chi connectivity index (χ1n) is 22.2. The zero-order valence-corrected chi connectivity index (χ0v) is 36.0. The van der Waals surface area contributed by atoms with Crippen molar-refractivity contribution >= 4 is 50.6 Å². The minimum atomic E-state index is -2.71. The Morgan fingerprint density at radius 3 is 1.48 bits per heavy atom. The fourth-order valence-corrected chi connectivity index (χ4v) is 16.1. The summed E-state index contributed by atoms with van der Waals surface area (Å²) >= 11 is 0. The molecular weight excluding hydrogens is 775 g/mol. The maximum Gasteiger partial charge on any atom is 0.0710 e. The van der Waals surface area contributed by atoms with Gasteiger partial charge in [-0.15, -0.1) is 0 Å². The summed E-state index contributed by atoms with van der Waals surface area (Å²) in [7, 11) is -2.71. The molecule has 0 radical (unpaired) electrons. The number of hydrogen-bond donors (Lipinski definition) is 0. The molecule has 0 spiro atoms. The summed E-state index contributed by atoms with van der Waals surface area (Å²) < 4.78 is 2.57. The number of fused-ring (bicyclic) bond motifs is 6. The van der Waals surface area contributed by atoms with E-state index in [1.165, 1.54) is 87.1 Å². The minimum absolute atomic E-state index is 0.166. The topological polar surface area (TPSA) is 4.93 Å². The Bertz CT molecular complexity index is 3200. The van der Waals surface area contributed by atoms with Gasteiger partial charge in [0.25, 0.3) is 0 Å². The second kappa shape index (κ2) is 15.1. The van der Waals surface area contributed by atoms with Gasteiger partial charge in [0.15, 0.2) is 0 Å². The third-order valence-electron chi connectivity index (χ3n) is 14.0. The first-order chi connectivity index (χ1) is 31.3. The molecule has 0 saturated heterocycles. The molecule has 0 N–H and O–H groups in total. The molecule has 2 aliphatic carbocycles. The third-order valence-corrected chi connectivity index (χ3v) is 18.8. The molecule has 0 amide bonds. The second-order valence-electron chi connectivity index (χ2n) is 17.1. The summed E-state index contributed by atoms with van der Waals surface area (Å²) in [5.41, 5.74) is 12.5. The molecule has 1 aromatic heterocycles. The maximum absolute atomic E-state index is 2.71. The van der Waals surface area contributed by atoms with Crippen LogP contribution in [0.3, 0.4) is 0 Å². The molecule has 0 aliphatic heterocycles. The number of hydrogen-bond acceptors (Lipinski definition) is 0. The number of benzene rings is 9. The Hall–Kier alpha value is -7.52. The molecule has 0 bridgehead atoms. The van der Waals surface area contributed by atoms with Gasteiger partial charge in [0, 0.05) is 21.8 Å². The normalized spacial score (nSPS) is 15.2. The summed E-state index contributed by atoms with van der Waals surface area (Å²) in [6, 6.07) is 88.6. The average molecular weight is 820 g/mol. The molecular formula is C61H45NSi-. The molecule has 1 nitrogen and oxygen atoms in total. The minimum Gasteiger partial charge on any atom is -0.333 e. The van der Waals surface area contributed by atoms with Gasteiger partial charge in [-0.3, -0.25) is 0 Å². The van der Waals surface area contributed by atoms with Crippen LogP contribution in [-0.2, 0) is 5.41 Å². The molecule has 2 heteroatoms. The Morgan fingerprint density at radius 1 is 0.413 bits per heavy atom. The van der Waals surface area contributed by atoms with E-state index in [1.54, 1.807) is 0 Å². The standard InChI is InChI=1S/C61H45NSi/c1-5-19-44(20-6-1)45-33-42-60-56(43-45)55-29-15-18-32-59(55)62(60)48-38-34-46(35-39-48)61(57-30-16-13-27-53(57)54-28-14-17-31-58(54)61)47-36-40-52(41-37-47)63(49-21-7-2-8-22-49,50-23-9-3-10-24-50)51-25-11-4-12-26-51/h1-38,40-43,48H,39H2/q-1. The van der Waals surface area contributed by atoms with Gasteiger partial charge >= 0.3 is 0 Å². The van der Waals surface area contributed by atoms with Crippen molar-refractivity contribution in [2.24, 2.45) is 0 Å². The summed E-state index contributed by atoms with van der Waals surface area (Å²) in [6.45, 7) is 0. The van der Waals surface area contributed by atoms with Crippen LogP contribution in [-0.4, -0.2) is 12.6 Å². The molecule has 0 fully saturated rings. The molecule has 1 unspecified atom stereocenters. The highest BCUT2D eigenvalue weighted by Gasteiger charge is 2.47. The smallest absolute Gasteiger partial charge is 0.0710 e. The summed E-state index contributed by atoms with van der Waals surface area (Å²) in [6.07, 6.45) is 8.37. The van der Waals surface area contributed by atoms with Crippen LogP contribution in [0.25, 0.3) is 44.1 Å². The maximum atomic E-state index is 2.57. The van der Waals surface area contributed by atoms with Gasteiger partial charge in [-0.2, -0.15) is 20.7 Å². The van der Waals surface area contributed by atoms with E-state index in [-0.39, 0.29) is 6.04 Å². The van der Waals surface area contributed by atoms with Crippen LogP contribution in [0.2, 0.25) is 0 Å². The number of allylic oxidation sites excluding steroid dienone is 4. The first kappa shape index (κ1) is 37.3. The van der Waals surface area contributed by atoms with Crippen molar-refractivity contribution in [2.75, 3.05) is 0 Å². The predicted octanol–water partition coefficient (Wildman–Crippen LogP) is 12.3. The van der Waals surface area contributed by atoms with Gasteiger partial charge in [0.1, 0.15) is 0 Å². The van der Waals surface area contributed by atoms with Crippen molar-refractivity contribution < 1.29 is 0 Å². The lowest BCUT2D eigenvalue weighted by Gasteiger charge is -2.47. The van der Waals surface area contributed by atoms with Gasteiger partial charge in [0.05, 0.1) is 11.5 Å². The largest absolute Gasteiger partial charge is 0.333 e. The highest BCUT2D eigenvalue weighted by molar-refractivity contribution is 7.19. The fraction of sp³-hybridized carbons (Fsp3) is 0.0492. The average Bonchev–Trinajstić information content (AvgIpc) is 3.86. The Balaban J connectivity index is 1.02. The third kappa shape index (κ3) is 5.68. The SMILES string of the molecule is C1=CC(n2c3ccccc3c3cc(-c4ccccc4)ccc32)CC=C1C1(c2ccc([Si-](c3ccccc3)(c3ccccc3)c3ccccc3)cc2)c2ccccc2-c2ccccc21.